The van der Waals surface area contributed by atoms with E-state index in [1.807, 2.05) is 11.8 Å². The molecule has 2 rings (SSSR count). The Hall–Kier alpha value is -1.16. The van der Waals surface area contributed by atoms with Crippen molar-refractivity contribution in [3.63, 3.8) is 0 Å². The first-order valence-electron chi connectivity index (χ1n) is 6.44. The number of hydrogen-bond acceptors (Lipinski definition) is 2. The van der Waals surface area contributed by atoms with Gasteiger partial charge in [0.05, 0.1) is 5.69 Å². The van der Waals surface area contributed by atoms with Crippen LogP contribution >= 0.6 is 0 Å². The molecule has 2 atom stereocenters. The highest BCUT2D eigenvalue weighted by Crippen LogP contribution is 2.25. The van der Waals surface area contributed by atoms with Gasteiger partial charge in [-0.25, -0.2) is 8.78 Å². The predicted octanol–water partition coefficient (Wildman–Crippen LogP) is 2.79. The van der Waals surface area contributed by atoms with Crippen LogP contribution in [0.5, 0.6) is 0 Å². The van der Waals surface area contributed by atoms with Gasteiger partial charge in [-0.3, -0.25) is 0 Å². The van der Waals surface area contributed by atoms with Crippen LogP contribution < -0.4 is 10.2 Å². The van der Waals surface area contributed by atoms with E-state index >= 15 is 0 Å². The molecule has 18 heavy (non-hydrogen) atoms. The maximum Gasteiger partial charge on any atom is 0.146 e. The molecule has 4 heteroatoms. The molecule has 100 valence electrons. The topological polar surface area (TPSA) is 15.3 Å². The lowest BCUT2D eigenvalue weighted by molar-refractivity contribution is 0.334. The third-order valence-electron chi connectivity index (χ3n) is 3.62. The number of anilines is 1. The van der Waals surface area contributed by atoms with Crippen LogP contribution in [0.3, 0.4) is 0 Å². The van der Waals surface area contributed by atoms with Crippen molar-refractivity contribution in [2.75, 3.05) is 18.0 Å². The minimum atomic E-state index is -0.391. The summed E-state index contributed by atoms with van der Waals surface area (Å²) < 4.78 is 27.1. The lowest BCUT2D eigenvalue weighted by Gasteiger charge is -2.42. The maximum atomic E-state index is 13.8. The molecule has 0 saturated carbocycles. The third kappa shape index (κ3) is 2.64. The van der Waals surface area contributed by atoms with Gasteiger partial charge in [-0.1, -0.05) is 13.8 Å². The van der Waals surface area contributed by atoms with Gasteiger partial charge in [0.2, 0.25) is 0 Å². The van der Waals surface area contributed by atoms with Crippen LogP contribution in [-0.2, 0) is 0 Å². The zero-order chi connectivity index (χ0) is 13.3. The van der Waals surface area contributed by atoms with Gasteiger partial charge in [-0.2, -0.15) is 0 Å². The van der Waals surface area contributed by atoms with Crippen molar-refractivity contribution in [3.05, 3.63) is 29.8 Å². The highest BCUT2D eigenvalue weighted by molar-refractivity contribution is 5.49. The number of rotatable bonds is 2. The summed E-state index contributed by atoms with van der Waals surface area (Å²) in [7, 11) is 0. The van der Waals surface area contributed by atoms with E-state index in [0.29, 0.717) is 24.2 Å². The molecule has 2 nitrogen and oxygen atoms in total. The second-order valence-electron chi connectivity index (χ2n) is 5.36. The Morgan fingerprint density at radius 1 is 1.33 bits per heavy atom. The summed E-state index contributed by atoms with van der Waals surface area (Å²) in [6.07, 6.45) is 0. The lowest BCUT2D eigenvalue weighted by atomic mass is 9.99. The van der Waals surface area contributed by atoms with Crippen LogP contribution in [-0.4, -0.2) is 25.2 Å². The summed E-state index contributed by atoms with van der Waals surface area (Å²) in [6, 6.07) is 4.12. The number of benzene rings is 1. The summed E-state index contributed by atoms with van der Waals surface area (Å²) in [5.74, 6) is -0.275. The van der Waals surface area contributed by atoms with E-state index in [-0.39, 0.29) is 11.9 Å². The fourth-order valence-corrected chi connectivity index (χ4v) is 2.38. The average Bonchev–Trinajstić information content (AvgIpc) is 2.33. The molecule has 1 N–H and O–H groups in total. The molecule has 0 spiro atoms. The summed E-state index contributed by atoms with van der Waals surface area (Å²) in [6.45, 7) is 7.79. The Bertz CT molecular complexity index is 420. The molecule has 0 radical (unpaired) electrons. The molecule has 2 unspecified atom stereocenters. The first-order valence-corrected chi connectivity index (χ1v) is 6.44. The zero-order valence-electron chi connectivity index (χ0n) is 11.1. The van der Waals surface area contributed by atoms with Gasteiger partial charge in [0.15, 0.2) is 0 Å². The molecule has 0 bridgehead atoms. The predicted molar refractivity (Wildman–Crippen MR) is 69.8 cm³/mol. The Morgan fingerprint density at radius 3 is 2.72 bits per heavy atom. The quantitative estimate of drug-likeness (QED) is 0.873. The van der Waals surface area contributed by atoms with E-state index in [9.17, 15) is 8.78 Å². The molecule has 1 heterocycles. The number of piperazine rings is 1. The standard InChI is InChI=1S/C14H20F2N2/c1-9(2)13-8-18(10(3)7-17-13)14-6-11(15)4-5-12(14)16/h4-6,9-10,13,17H,7-8H2,1-3H3. The van der Waals surface area contributed by atoms with Crippen LogP contribution in [0.25, 0.3) is 0 Å². The lowest BCUT2D eigenvalue weighted by Crippen LogP contribution is -2.57. The van der Waals surface area contributed by atoms with E-state index in [1.54, 1.807) is 0 Å². The minimum absolute atomic E-state index is 0.163. The Morgan fingerprint density at radius 2 is 2.06 bits per heavy atom. The number of nitrogens with zero attached hydrogens (tertiary/aromatic N) is 1. The highest BCUT2D eigenvalue weighted by atomic mass is 19.1. The second-order valence-corrected chi connectivity index (χ2v) is 5.36. The number of hydrogen-bond donors (Lipinski definition) is 1. The van der Waals surface area contributed by atoms with Gasteiger partial charge in [-0.05, 0) is 25.0 Å². The van der Waals surface area contributed by atoms with E-state index in [0.717, 1.165) is 12.6 Å². The van der Waals surface area contributed by atoms with Gasteiger partial charge in [0.1, 0.15) is 11.6 Å². The molecular weight excluding hydrogens is 234 g/mol. The molecule has 0 aromatic heterocycles. The summed E-state index contributed by atoms with van der Waals surface area (Å²) in [4.78, 5) is 1.96. The van der Waals surface area contributed by atoms with Crippen molar-refractivity contribution in [1.82, 2.24) is 5.32 Å². The van der Waals surface area contributed by atoms with Gasteiger partial charge in [0, 0.05) is 31.2 Å². The van der Waals surface area contributed by atoms with E-state index < -0.39 is 5.82 Å². The van der Waals surface area contributed by atoms with Crippen molar-refractivity contribution in [3.8, 4) is 0 Å². The van der Waals surface area contributed by atoms with Crippen LogP contribution in [0.2, 0.25) is 0 Å². The van der Waals surface area contributed by atoms with Gasteiger partial charge in [-0.15, -0.1) is 0 Å². The van der Waals surface area contributed by atoms with Crippen molar-refractivity contribution in [2.24, 2.45) is 5.92 Å². The smallest absolute Gasteiger partial charge is 0.146 e. The minimum Gasteiger partial charge on any atom is -0.364 e. The van der Waals surface area contributed by atoms with Crippen molar-refractivity contribution in [1.29, 1.82) is 0 Å². The summed E-state index contributed by atoms with van der Waals surface area (Å²) >= 11 is 0. The maximum absolute atomic E-state index is 13.8. The van der Waals surface area contributed by atoms with Crippen LogP contribution in [0, 0.1) is 17.6 Å². The Labute approximate surface area is 107 Å². The molecule has 0 amide bonds. The summed E-state index contributed by atoms with van der Waals surface area (Å²) in [5, 5.41) is 3.44. The highest BCUT2D eigenvalue weighted by Gasteiger charge is 2.28. The normalized spacial score (nSPS) is 24.7. The third-order valence-corrected chi connectivity index (χ3v) is 3.62. The number of nitrogens with one attached hydrogen (secondary N) is 1. The zero-order valence-corrected chi connectivity index (χ0v) is 11.1. The van der Waals surface area contributed by atoms with Crippen LogP contribution in [0.1, 0.15) is 20.8 Å². The van der Waals surface area contributed by atoms with E-state index in [4.69, 9.17) is 0 Å². The molecule has 1 aliphatic heterocycles. The molecule has 1 aromatic rings. The fraction of sp³-hybridized carbons (Fsp3) is 0.571. The van der Waals surface area contributed by atoms with Gasteiger partial charge in [0.25, 0.3) is 0 Å². The SMILES string of the molecule is CC(C)C1CN(c2cc(F)ccc2F)C(C)CN1. The molecular formula is C14H20F2N2. The Balaban J connectivity index is 2.26. The molecule has 1 aliphatic rings. The Kier molecular flexibility index (Phi) is 3.85. The average molecular weight is 254 g/mol. The first-order chi connectivity index (χ1) is 8.49. The summed E-state index contributed by atoms with van der Waals surface area (Å²) in [5.41, 5.74) is 0.370. The van der Waals surface area contributed by atoms with E-state index in [1.165, 1.54) is 12.1 Å². The monoisotopic (exact) mass is 254 g/mol. The molecule has 0 aliphatic carbocycles. The largest absolute Gasteiger partial charge is 0.364 e. The molecule has 1 fully saturated rings. The second kappa shape index (κ2) is 5.22. The molecule has 1 saturated heterocycles. The van der Waals surface area contributed by atoms with Crippen molar-refractivity contribution in [2.45, 2.75) is 32.9 Å². The van der Waals surface area contributed by atoms with Gasteiger partial charge < -0.3 is 10.2 Å². The fourth-order valence-electron chi connectivity index (χ4n) is 2.38. The van der Waals surface area contributed by atoms with Crippen molar-refractivity contribution < 1.29 is 8.78 Å². The molecule has 1 aromatic carbocycles. The number of halogens is 2. The van der Waals surface area contributed by atoms with E-state index in [2.05, 4.69) is 19.2 Å². The van der Waals surface area contributed by atoms with Crippen LogP contribution in [0.15, 0.2) is 18.2 Å². The first kappa shape index (κ1) is 13.3. The van der Waals surface area contributed by atoms with Gasteiger partial charge >= 0.3 is 0 Å². The van der Waals surface area contributed by atoms with Crippen molar-refractivity contribution >= 4 is 5.69 Å². The van der Waals surface area contributed by atoms with Crippen LogP contribution in [0.4, 0.5) is 14.5 Å².